The Balaban J connectivity index is 2.27. The van der Waals surface area contributed by atoms with Crippen LogP contribution in [0.2, 0.25) is 0 Å². The van der Waals surface area contributed by atoms with E-state index >= 15 is 0 Å². The largest absolute Gasteiger partial charge is 0.410 e. The molecule has 1 N–H and O–H groups in total. The highest BCUT2D eigenvalue weighted by molar-refractivity contribution is 5.90. The molecule has 1 atom stereocenters. The van der Waals surface area contributed by atoms with Gasteiger partial charge in [-0.2, -0.15) is 13.2 Å². The Kier molecular flexibility index (Phi) is 4.14. The Morgan fingerprint density at radius 1 is 1.23 bits per heavy atom. The minimum Gasteiger partial charge on any atom is -0.287 e. The molecule has 2 aromatic carbocycles. The number of hydrogen-bond donors (Lipinski definition) is 1. The van der Waals surface area contributed by atoms with Crippen LogP contribution in [0.3, 0.4) is 0 Å². The second-order valence-corrected chi connectivity index (χ2v) is 6.87. The average Bonchev–Trinajstić information content (AvgIpc) is 2.79. The molecule has 138 valence electrons. The first-order valence-corrected chi connectivity index (χ1v) is 7.83. The number of alkyl halides is 3. The van der Waals surface area contributed by atoms with E-state index < -0.39 is 39.7 Å². The molecule has 1 amide bonds. The third kappa shape index (κ3) is 2.98. The van der Waals surface area contributed by atoms with Crippen LogP contribution >= 0.6 is 0 Å². The van der Waals surface area contributed by atoms with Crippen molar-refractivity contribution < 1.29 is 22.9 Å². The number of rotatable bonds is 3. The predicted octanol–water partition coefficient (Wildman–Crippen LogP) is 3.72. The molecule has 1 unspecified atom stereocenters. The fraction of sp³-hybridized carbons (Fsp3) is 0.353. The zero-order chi connectivity index (χ0) is 19.3. The van der Waals surface area contributed by atoms with Gasteiger partial charge in [0.2, 0.25) is 5.91 Å². The molecule has 0 aromatic heterocycles. The first-order chi connectivity index (χ1) is 12.0. The van der Waals surface area contributed by atoms with Crippen LogP contribution in [0.15, 0.2) is 36.4 Å². The summed E-state index contributed by atoms with van der Waals surface area (Å²) in [4.78, 5) is 22.6. The Bertz CT molecular complexity index is 896. The molecule has 0 bridgehead atoms. The van der Waals surface area contributed by atoms with Crippen molar-refractivity contribution in [3.8, 4) is 0 Å². The van der Waals surface area contributed by atoms with Crippen LogP contribution in [0.1, 0.15) is 25.5 Å². The van der Waals surface area contributed by atoms with Gasteiger partial charge in [-0.05, 0) is 30.7 Å². The van der Waals surface area contributed by atoms with Crippen LogP contribution in [-0.2, 0) is 4.79 Å². The first kappa shape index (κ1) is 18.1. The van der Waals surface area contributed by atoms with Gasteiger partial charge >= 0.3 is 6.18 Å². The smallest absolute Gasteiger partial charge is 0.287 e. The van der Waals surface area contributed by atoms with Gasteiger partial charge < -0.3 is 0 Å². The van der Waals surface area contributed by atoms with E-state index in [1.54, 1.807) is 12.1 Å². The van der Waals surface area contributed by atoms with E-state index in [2.05, 4.69) is 5.43 Å². The van der Waals surface area contributed by atoms with Crippen molar-refractivity contribution in [2.24, 2.45) is 5.41 Å². The van der Waals surface area contributed by atoms with Crippen molar-refractivity contribution in [1.82, 2.24) is 10.4 Å². The summed E-state index contributed by atoms with van der Waals surface area (Å²) >= 11 is 0. The van der Waals surface area contributed by atoms with E-state index in [4.69, 9.17) is 0 Å². The quantitative estimate of drug-likeness (QED) is 0.663. The number of hydrogen-bond acceptors (Lipinski definition) is 4. The lowest BCUT2D eigenvalue weighted by atomic mass is 9.92. The summed E-state index contributed by atoms with van der Waals surface area (Å²) in [7, 11) is 0. The number of hydrazine groups is 1. The van der Waals surface area contributed by atoms with Crippen molar-refractivity contribution in [2.75, 3.05) is 6.54 Å². The molecular formula is C17H16F3N3O3. The summed E-state index contributed by atoms with van der Waals surface area (Å²) in [5, 5.41) is 12.8. The number of nitro benzene ring substituents is 1. The number of carbonyl (C=O) groups is 1. The number of nitrogens with one attached hydrogen (secondary N) is 1. The lowest BCUT2D eigenvalue weighted by molar-refractivity contribution is -0.386. The van der Waals surface area contributed by atoms with E-state index in [1.165, 1.54) is 32.0 Å². The number of carbonyl (C=O) groups excluding carboxylic acids is 1. The Morgan fingerprint density at radius 2 is 1.88 bits per heavy atom. The Labute approximate surface area is 146 Å². The maximum absolute atomic E-state index is 14.0. The Morgan fingerprint density at radius 3 is 2.42 bits per heavy atom. The van der Waals surface area contributed by atoms with Gasteiger partial charge in [0.25, 0.3) is 5.69 Å². The normalized spacial score (nSPS) is 18.7. The minimum absolute atomic E-state index is 0.128. The van der Waals surface area contributed by atoms with Crippen molar-refractivity contribution >= 4 is 22.4 Å². The predicted molar refractivity (Wildman–Crippen MR) is 88.0 cm³/mol. The molecule has 6 nitrogen and oxygen atoms in total. The van der Waals surface area contributed by atoms with Crippen LogP contribution in [-0.4, -0.2) is 28.6 Å². The summed E-state index contributed by atoms with van der Waals surface area (Å²) < 4.78 is 42.0. The molecule has 26 heavy (non-hydrogen) atoms. The number of amides is 1. The molecule has 0 saturated carbocycles. The molecule has 3 rings (SSSR count). The maximum atomic E-state index is 14.0. The molecule has 1 aliphatic heterocycles. The van der Waals surface area contributed by atoms with Crippen LogP contribution in [0.25, 0.3) is 10.8 Å². The monoisotopic (exact) mass is 367 g/mol. The van der Waals surface area contributed by atoms with Crippen molar-refractivity contribution in [1.29, 1.82) is 0 Å². The Hall–Kier alpha value is -2.68. The summed E-state index contributed by atoms with van der Waals surface area (Å²) in [6, 6.07) is 6.31. The van der Waals surface area contributed by atoms with E-state index in [1.807, 2.05) is 0 Å². The van der Waals surface area contributed by atoms with Crippen LogP contribution < -0.4 is 5.43 Å². The molecule has 1 heterocycles. The second-order valence-electron chi connectivity index (χ2n) is 6.87. The van der Waals surface area contributed by atoms with Gasteiger partial charge in [0.1, 0.15) is 0 Å². The number of nitro groups is 1. The van der Waals surface area contributed by atoms with Gasteiger partial charge in [0.05, 0.1) is 15.9 Å². The van der Waals surface area contributed by atoms with Gasteiger partial charge in [-0.25, -0.2) is 5.01 Å². The van der Waals surface area contributed by atoms with Crippen molar-refractivity contribution in [2.45, 2.75) is 26.1 Å². The fourth-order valence-corrected chi connectivity index (χ4v) is 3.20. The summed E-state index contributed by atoms with van der Waals surface area (Å²) in [5.41, 5.74) is 0.0853. The SMILES string of the molecule is CC1(C)CN(C(c2c([N+](=O)[O-])ccc3ccccc23)C(F)(F)F)NC1=O. The average molecular weight is 367 g/mol. The number of benzene rings is 2. The summed E-state index contributed by atoms with van der Waals surface area (Å²) in [5.74, 6) is -0.561. The highest BCUT2D eigenvalue weighted by Gasteiger charge is 2.53. The topological polar surface area (TPSA) is 75.5 Å². The van der Waals surface area contributed by atoms with Gasteiger partial charge in [0.15, 0.2) is 6.04 Å². The van der Waals surface area contributed by atoms with Gasteiger partial charge in [-0.3, -0.25) is 20.3 Å². The van der Waals surface area contributed by atoms with Crippen molar-refractivity contribution in [3.63, 3.8) is 0 Å². The molecule has 2 aromatic rings. The van der Waals surface area contributed by atoms with Gasteiger partial charge in [-0.15, -0.1) is 0 Å². The highest BCUT2D eigenvalue weighted by atomic mass is 19.4. The molecular weight excluding hydrogens is 351 g/mol. The fourth-order valence-electron chi connectivity index (χ4n) is 3.20. The third-order valence-corrected chi connectivity index (χ3v) is 4.46. The lowest BCUT2D eigenvalue weighted by Crippen LogP contribution is -2.44. The van der Waals surface area contributed by atoms with Gasteiger partial charge in [-0.1, -0.05) is 24.3 Å². The molecule has 0 radical (unpaired) electrons. The first-order valence-electron chi connectivity index (χ1n) is 7.83. The number of nitrogens with zero attached hydrogens (tertiary/aromatic N) is 2. The number of halogens is 3. The van der Waals surface area contributed by atoms with E-state index in [-0.39, 0.29) is 11.9 Å². The number of fused-ring (bicyclic) bond motifs is 1. The molecule has 9 heteroatoms. The summed E-state index contributed by atoms with van der Waals surface area (Å²) in [6.07, 6.45) is -4.83. The van der Waals surface area contributed by atoms with Crippen LogP contribution in [0, 0.1) is 15.5 Å². The molecule has 1 fully saturated rings. The van der Waals surface area contributed by atoms with E-state index in [0.717, 1.165) is 11.1 Å². The lowest BCUT2D eigenvalue weighted by Gasteiger charge is -2.30. The minimum atomic E-state index is -4.83. The van der Waals surface area contributed by atoms with Crippen LogP contribution in [0.4, 0.5) is 18.9 Å². The zero-order valence-corrected chi connectivity index (χ0v) is 14.0. The third-order valence-electron chi connectivity index (χ3n) is 4.46. The molecule has 0 spiro atoms. The maximum Gasteiger partial charge on any atom is 0.410 e. The van der Waals surface area contributed by atoms with Gasteiger partial charge in [0, 0.05) is 12.6 Å². The second kappa shape index (κ2) is 5.94. The van der Waals surface area contributed by atoms with Crippen LogP contribution in [0.5, 0.6) is 0 Å². The van der Waals surface area contributed by atoms with E-state index in [0.29, 0.717) is 5.39 Å². The standard InChI is InChI=1S/C17H16F3N3O3/c1-16(2)9-22(21-15(16)24)14(17(18,19)20)13-11-6-4-3-5-10(11)7-8-12(13)23(25)26/h3-8,14H,9H2,1-2H3,(H,21,24). The molecule has 1 aliphatic rings. The highest BCUT2D eigenvalue weighted by Crippen LogP contribution is 2.46. The zero-order valence-electron chi connectivity index (χ0n) is 14.0. The molecule has 0 aliphatic carbocycles. The summed E-state index contributed by atoms with van der Waals surface area (Å²) in [6.45, 7) is 2.82. The van der Waals surface area contributed by atoms with Crippen molar-refractivity contribution in [3.05, 3.63) is 52.1 Å². The van der Waals surface area contributed by atoms with E-state index in [9.17, 15) is 28.1 Å². The molecule has 1 saturated heterocycles.